The van der Waals surface area contributed by atoms with Crippen LogP contribution in [0.25, 0.3) is 0 Å². The van der Waals surface area contributed by atoms with Crippen molar-refractivity contribution in [3.63, 3.8) is 0 Å². The Bertz CT molecular complexity index is 623. The first-order chi connectivity index (χ1) is 11.8. The van der Waals surface area contributed by atoms with E-state index in [-0.39, 0.29) is 30.3 Å². The third kappa shape index (κ3) is 4.60. The van der Waals surface area contributed by atoms with Crippen LogP contribution >= 0.6 is 0 Å². The molecule has 1 aromatic heterocycles. The van der Waals surface area contributed by atoms with Crippen molar-refractivity contribution < 1.29 is 9.59 Å². The summed E-state index contributed by atoms with van der Waals surface area (Å²) in [7, 11) is 0. The molecule has 1 atom stereocenters. The number of carbonyl (C=O) groups is 2. The minimum Gasteiger partial charge on any atom is -0.354 e. The molecule has 7 heteroatoms. The molecular weight excluding hydrogens is 318 g/mol. The molecule has 0 radical (unpaired) electrons. The fraction of sp³-hybridized carbons (Fsp3) is 0.722. The molecule has 1 aliphatic heterocycles. The Morgan fingerprint density at radius 1 is 1.40 bits per heavy atom. The number of carbonyl (C=O) groups excluding carboxylic acids is 2. The lowest BCUT2D eigenvalue weighted by Gasteiger charge is -2.37. The van der Waals surface area contributed by atoms with E-state index in [2.05, 4.69) is 48.3 Å². The summed E-state index contributed by atoms with van der Waals surface area (Å²) in [5, 5.41) is 10.3. The van der Waals surface area contributed by atoms with Gasteiger partial charge >= 0.3 is 0 Å². The number of nitrogens with one attached hydrogen (secondary N) is 2. The number of aromatic nitrogens is 2. The molecule has 0 saturated carbocycles. The molecule has 1 fully saturated rings. The minimum absolute atomic E-state index is 0.0544. The SMILES string of the molecule is CCc1c(C)nn(CCNC(=O)C[C@H]2C(=O)NCCN2C(C)C)c1C. The summed E-state index contributed by atoms with van der Waals surface area (Å²) in [6.45, 7) is 12.9. The molecule has 140 valence electrons. The van der Waals surface area contributed by atoms with Crippen molar-refractivity contribution in [1.82, 2.24) is 25.3 Å². The molecule has 2 amide bonds. The molecule has 2 N–H and O–H groups in total. The van der Waals surface area contributed by atoms with Crippen LogP contribution < -0.4 is 10.6 Å². The number of hydrogen-bond acceptors (Lipinski definition) is 4. The zero-order valence-corrected chi connectivity index (χ0v) is 16.1. The molecule has 0 unspecified atom stereocenters. The van der Waals surface area contributed by atoms with Crippen molar-refractivity contribution >= 4 is 11.8 Å². The maximum atomic E-state index is 12.3. The molecule has 1 aromatic rings. The summed E-state index contributed by atoms with van der Waals surface area (Å²) in [6, 6.07) is -0.139. The van der Waals surface area contributed by atoms with Gasteiger partial charge in [-0.1, -0.05) is 6.92 Å². The Morgan fingerprint density at radius 2 is 2.12 bits per heavy atom. The quantitative estimate of drug-likeness (QED) is 0.762. The molecule has 7 nitrogen and oxygen atoms in total. The smallest absolute Gasteiger partial charge is 0.237 e. The first kappa shape index (κ1) is 19.4. The van der Waals surface area contributed by atoms with Gasteiger partial charge in [0.05, 0.1) is 24.7 Å². The zero-order valence-electron chi connectivity index (χ0n) is 16.1. The van der Waals surface area contributed by atoms with Gasteiger partial charge < -0.3 is 10.6 Å². The predicted molar refractivity (Wildman–Crippen MR) is 97.3 cm³/mol. The van der Waals surface area contributed by atoms with Gasteiger partial charge in [0.2, 0.25) is 11.8 Å². The highest BCUT2D eigenvalue weighted by molar-refractivity contribution is 5.88. The van der Waals surface area contributed by atoms with E-state index < -0.39 is 0 Å². The van der Waals surface area contributed by atoms with E-state index in [1.165, 1.54) is 5.56 Å². The number of amides is 2. The largest absolute Gasteiger partial charge is 0.354 e. The maximum Gasteiger partial charge on any atom is 0.237 e. The molecule has 2 heterocycles. The second-order valence-electron chi connectivity index (χ2n) is 6.92. The third-order valence-corrected chi connectivity index (χ3v) is 4.94. The topological polar surface area (TPSA) is 79.3 Å². The van der Waals surface area contributed by atoms with Gasteiger partial charge in [-0.15, -0.1) is 0 Å². The van der Waals surface area contributed by atoms with Crippen molar-refractivity contribution in [2.24, 2.45) is 0 Å². The third-order valence-electron chi connectivity index (χ3n) is 4.94. The summed E-state index contributed by atoms with van der Waals surface area (Å²) in [4.78, 5) is 26.5. The first-order valence-corrected chi connectivity index (χ1v) is 9.18. The van der Waals surface area contributed by atoms with Gasteiger partial charge in [-0.05, 0) is 39.7 Å². The molecule has 25 heavy (non-hydrogen) atoms. The van der Waals surface area contributed by atoms with Gasteiger partial charge in [0.1, 0.15) is 0 Å². The van der Waals surface area contributed by atoms with E-state index in [1.807, 2.05) is 11.6 Å². The highest BCUT2D eigenvalue weighted by Crippen LogP contribution is 2.14. The number of rotatable bonds is 7. The number of aryl methyl sites for hydroxylation is 1. The van der Waals surface area contributed by atoms with Crippen LogP contribution in [0.3, 0.4) is 0 Å². The van der Waals surface area contributed by atoms with E-state index in [0.717, 1.165) is 24.4 Å². The summed E-state index contributed by atoms with van der Waals surface area (Å²) < 4.78 is 1.95. The molecule has 0 spiro atoms. The standard InChI is InChI=1S/C18H31N5O2/c1-6-15-13(4)21-23(14(15)5)10-8-19-17(24)11-16-18(25)20-7-9-22(16)12(2)3/h12,16H,6-11H2,1-5H3,(H,19,24)(H,20,25)/t16-/m0/s1. The van der Waals surface area contributed by atoms with Gasteiger partial charge in [-0.3, -0.25) is 19.2 Å². The van der Waals surface area contributed by atoms with E-state index in [4.69, 9.17) is 0 Å². The number of nitrogens with zero attached hydrogens (tertiary/aromatic N) is 3. The van der Waals surface area contributed by atoms with Gasteiger partial charge in [0.25, 0.3) is 0 Å². The van der Waals surface area contributed by atoms with Crippen LogP contribution in [-0.4, -0.2) is 58.2 Å². The summed E-state index contributed by atoms with van der Waals surface area (Å²) >= 11 is 0. The molecule has 2 rings (SSSR count). The van der Waals surface area contributed by atoms with E-state index in [1.54, 1.807) is 0 Å². The van der Waals surface area contributed by atoms with Crippen molar-refractivity contribution in [2.75, 3.05) is 19.6 Å². The Labute approximate surface area is 150 Å². The van der Waals surface area contributed by atoms with Crippen molar-refractivity contribution in [2.45, 2.75) is 66.1 Å². The van der Waals surface area contributed by atoms with Crippen molar-refractivity contribution in [3.05, 3.63) is 17.0 Å². The van der Waals surface area contributed by atoms with Gasteiger partial charge in [-0.25, -0.2) is 0 Å². The second-order valence-corrected chi connectivity index (χ2v) is 6.92. The van der Waals surface area contributed by atoms with E-state index in [0.29, 0.717) is 19.6 Å². The molecular formula is C18H31N5O2. The summed E-state index contributed by atoms with van der Waals surface area (Å²) in [5.74, 6) is -0.147. The van der Waals surface area contributed by atoms with Crippen LogP contribution in [0.2, 0.25) is 0 Å². The van der Waals surface area contributed by atoms with Crippen LogP contribution in [-0.2, 0) is 22.6 Å². The van der Waals surface area contributed by atoms with Crippen LogP contribution in [0, 0.1) is 13.8 Å². The van der Waals surface area contributed by atoms with E-state index in [9.17, 15) is 9.59 Å². The van der Waals surface area contributed by atoms with Crippen LogP contribution in [0.5, 0.6) is 0 Å². The Balaban J connectivity index is 1.87. The first-order valence-electron chi connectivity index (χ1n) is 9.18. The van der Waals surface area contributed by atoms with Gasteiger partial charge in [-0.2, -0.15) is 5.10 Å². The molecule has 0 aliphatic carbocycles. The fourth-order valence-electron chi connectivity index (χ4n) is 3.57. The lowest BCUT2D eigenvalue weighted by molar-refractivity contribution is -0.134. The summed E-state index contributed by atoms with van der Waals surface area (Å²) in [5.41, 5.74) is 3.49. The maximum absolute atomic E-state index is 12.3. The zero-order chi connectivity index (χ0) is 18.6. The van der Waals surface area contributed by atoms with Gasteiger partial charge in [0.15, 0.2) is 0 Å². The molecule has 0 bridgehead atoms. The Hall–Kier alpha value is -1.89. The van der Waals surface area contributed by atoms with Crippen LogP contribution in [0.1, 0.15) is 44.1 Å². The minimum atomic E-state index is -0.380. The average Bonchev–Trinajstić information content (AvgIpc) is 2.82. The normalized spacial score (nSPS) is 18.5. The molecule has 0 aromatic carbocycles. The molecule has 1 aliphatic rings. The molecule has 1 saturated heterocycles. The highest BCUT2D eigenvalue weighted by atomic mass is 16.2. The number of piperazine rings is 1. The van der Waals surface area contributed by atoms with Crippen molar-refractivity contribution in [1.29, 1.82) is 0 Å². The van der Waals surface area contributed by atoms with Gasteiger partial charge in [0, 0.05) is 31.4 Å². The highest BCUT2D eigenvalue weighted by Gasteiger charge is 2.32. The van der Waals surface area contributed by atoms with E-state index >= 15 is 0 Å². The number of hydrogen-bond donors (Lipinski definition) is 2. The van der Waals surface area contributed by atoms with Crippen molar-refractivity contribution in [3.8, 4) is 0 Å². The average molecular weight is 349 g/mol. The lowest BCUT2D eigenvalue weighted by Crippen LogP contribution is -2.58. The lowest BCUT2D eigenvalue weighted by atomic mass is 10.1. The monoisotopic (exact) mass is 349 g/mol. The Kier molecular flexibility index (Phi) is 6.58. The summed E-state index contributed by atoms with van der Waals surface area (Å²) in [6.07, 6.45) is 1.16. The fourth-order valence-corrected chi connectivity index (χ4v) is 3.57. The predicted octanol–water partition coefficient (Wildman–Crippen LogP) is 0.777. The Morgan fingerprint density at radius 3 is 2.72 bits per heavy atom. The van der Waals surface area contributed by atoms with Crippen LogP contribution in [0.15, 0.2) is 0 Å². The second kappa shape index (κ2) is 8.47. The van der Waals surface area contributed by atoms with Crippen LogP contribution in [0.4, 0.5) is 0 Å².